The van der Waals surface area contributed by atoms with E-state index in [2.05, 4.69) is 0 Å². The van der Waals surface area contributed by atoms with Gasteiger partial charge in [-0.05, 0) is 68.2 Å². The smallest absolute Gasteiger partial charge is 0.253 e. The molecule has 0 unspecified atom stereocenters. The zero-order chi connectivity index (χ0) is 18.5. The van der Waals surface area contributed by atoms with Crippen LogP contribution in [0.15, 0.2) is 24.3 Å². The maximum atomic E-state index is 12.9. The van der Waals surface area contributed by atoms with Gasteiger partial charge in [0.25, 0.3) is 5.91 Å². The fourth-order valence-electron chi connectivity index (χ4n) is 5.87. The van der Waals surface area contributed by atoms with Gasteiger partial charge >= 0.3 is 0 Å². The van der Waals surface area contributed by atoms with Crippen molar-refractivity contribution < 1.29 is 14.4 Å². The summed E-state index contributed by atoms with van der Waals surface area (Å²) >= 11 is 0. The zero-order valence-electron chi connectivity index (χ0n) is 15.6. The van der Waals surface area contributed by atoms with Gasteiger partial charge in [0.1, 0.15) is 0 Å². The summed E-state index contributed by atoms with van der Waals surface area (Å²) in [5.41, 5.74) is 1.26. The highest BCUT2D eigenvalue weighted by Gasteiger charge is 2.61. The summed E-state index contributed by atoms with van der Waals surface area (Å²) in [7, 11) is 0. The van der Waals surface area contributed by atoms with Crippen molar-refractivity contribution >= 4 is 23.4 Å². The second-order valence-corrected chi connectivity index (χ2v) is 8.65. The van der Waals surface area contributed by atoms with Crippen LogP contribution in [0.5, 0.6) is 0 Å². The number of likely N-dealkylation sites (tertiary alicyclic amines) is 1. The molecule has 4 atom stereocenters. The van der Waals surface area contributed by atoms with Crippen LogP contribution in [-0.4, -0.2) is 35.7 Å². The molecule has 5 nitrogen and oxygen atoms in total. The van der Waals surface area contributed by atoms with Gasteiger partial charge in [-0.1, -0.05) is 12.8 Å². The summed E-state index contributed by atoms with van der Waals surface area (Å²) in [6.07, 6.45) is 7.71. The number of benzene rings is 1. The molecule has 1 aromatic rings. The quantitative estimate of drug-likeness (QED) is 0.755. The fourth-order valence-corrected chi connectivity index (χ4v) is 5.87. The molecule has 0 radical (unpaired) electrons. The van der Waals surface area contributed by atoms with E-state index >= 15 is 0 Å². The first kappa shape index (κ1) is 17.0. The van der Waals surface area contributed by atoms with Gasteiger partial charge in [0.15, 0.2) is 0 Å². The first-order valence-corrected chi connectivity index (χ1v) is 10.4. The topological polar surface area (TPSA) is 57.7 Å². The van der Waals surface area contributed by atoms with E-state index < -0.39 is 0 Å². The van der Waals surface area contributed by atoms with Gasteiger partial charge in [-0.3, -0.25) is 19.3 Å². The summed E-state index contributed by atoms with van der Waals surface area (Å²) in [5.74, 6) is 0.588. The fraction of sp³-hybridized carbons (Fsp3) is 0.591. The Morgan fingerprint density at radius 3 is 1.93 bits per heavy atom. The highest BCUT2D eigenvalue weighted by molar-refractivity contribution is 6.22. The third-order valence-corrected chi connectivity index (χ3v) is 7.19. The number of nitrogens with zero attached hydrogens (tertiary/aromatic N) is 2. The molecule has 5 rings (SSSR count). The van der Waals surface area contributed by atoms with Crippen molar-refractivity contribution in [2.45, 2.75) is 44.9 Å². The minimum absolute atomic E-state index is 0.0243. The second-order valence-electron chi connectivity index (χ2n) is 8.65. The summed E-state index contributed by atoms with van der Waals surface area (Å²) < 4.78 is 0. The van der Waals surface area contributed by atoms with Crippen LogP contribution < -0.4 is 4.90 Å². The van der Waals surface area contributed by atoms with E-state index in [0.717, 1.165) is 45.2 Å². The molecule has 5 heteroatoms. The van der Waals surface area contributed by atoms with Crippen molar-refractivity contribution in [3.8, 4) is 0 Å². The van der Waals surface area contributed by atoms with Crippen molar-refractivity contribution in [3.05, 3.63) is 29.8 Å². The Morgan fingerprint density at radius 1 is 0.815 bits per heavy atom. The Kier molecular flexibility index (Phi) is 4.06. The molecule has 0 spiro atoms. The summed E-state index contributed by atoms with van der Waals surface area (Å²) in [6.45, 7) is 1.63. The van der Waals surface area contributed by atoms with Crippen LogP contribution in [0.1, 0.15) is 55.3 Å². The third kappa shape index (κ3) is 2.62. The van der Waals surface area contributed by atoms with Gasteiger partial charge in [0, 0.05) is 18.7 Å². The molecule has 0 N–H and O–H groups in total. The second kappa shape index (κ2) is 6.47. The summed E-state index contributed by atoms with van der Waals surface area (Å²) in [4.78, 5) is 41.9. The Bertz CT molecular complexity index is 751. The predicted molar refractivity (Wildman–Crippen MR) is 101 cm³/mol. The SMILES string of the molecule is O=C(c1ccc(N2C(=O)[C@H]3[C@@H]4CC[C@@H](C4)[C@@H]3C2=O)cc1)N1CCCCCC1. The van der Waals surface area contributed by atoms with Crippen LogP contribution >= 0.6 is 0 Å². The van der Waals surface area contributed by atoms with E-state index in [1.807, 2.05) is 4.90 Å². The summed E-state index contributed by atoms with van der Waals surface area (Å²) in [6, 6.07) is 7.07. The van der Waals surface area contributed by atoms with Gasteiger partial charge in [0.05, 0.1) is 17.5 Å². The molecule has 0 aromatic heterocycles. The Labute approximate surface area is 159 Å². The first-order valence-electron chi connectivity index (χ1n) is 10.4. The monoisotopic (exact) mass is 366 g/mol. The lowest BCUT2D eigenvalue weighted by molar-refractivity contribution is -0.123. The van der Waals surface area contributed by atoms with E-state index in [1.165, 1.54) is 17.7 Å². The minimum atomic E-state index is -0.102. The number of carbonyl (C=O) groups is 3. The van der Waals surface area contributed by atoms with Crippen LogP contribution in [0.25, 0.3) is 0 Å². The molecule has 2 aliphatic heterocycles. The third-order valence-electron chi connectivity index (χ3n) is 7.19. The Balaban J connectivity index is 1.35. The molecule has 3 amide bonds. The lowest BCUT2D eigenvalue weighted by Crippen LogP contribution is -2.33. The number of hydrogen-bond donors (Lipinski definition) is 0. The molecular formula is C22H26N2O3. The molecular weight excluding hydrogens is 340 g/mol. The lowest BCUT2D eigenvalue weighted by atomic mass is 9.81. The number of fused-ring (bicyclic) bond motifs is 5. The van der Waals surface area contributed by atoms with E-state index in [-0.39, 0.29) is 29.6 Å². The van der Waals surface area contributed by atoms with Crippen LogP contribution in [0.2, 0.25) is 0 Å². The number of rotatable bonds is 2. The number of hydrogen-bond acceptors (Lipinski definition) is 3. The van der Waals surface area contributed by atoms with Crippen molar-refractivity contribution in [2.75, 3.05) is 18.0 Å². The molecule has 2 saturated carbocycles. The number of anilines is 1. The molecule has 142 valence electrons. The molecule has 1 aromatic carbocycles. The number of carbonyl (C=O) groups excluding carboxylic acids is 3. The first-order chi connectivity index (χ1) is 13.1. The maximum absolute atomic E-state index is 12.9. The van der Waals surface area contributed by atoms with Crippen molar-refractivity contribution in [1.82, 2.24) is 4.90 Å². The van der Waals surface area contributed by atoms with Crippen LogP contribution in [0.4, 0.5) is 5.69 Å². The average Bonchev–Trinajstić information content (AvgIpc) is 3.28. The van der Waals surface area contributed by atoms with E-state index in [0.29, 0.717) is 23.1 Å². The van der Waals surface area contributed by atoms with Crippen molar-refractivity contribution in [3.63, 3.8) is 0 Å². The van der Waals surface area contributed by atoms with E-state index in [9.17, 15) is 14.4 Å². The zero-order valence-corrected chi connectivity index (χ0v) is 15.6. The number of amides is 3. The maximum Gasteiger partial charge on any atom is 0.253 e. The average molecular weight is 366 g/mol. The number of imide groups is 1. The van der Waals surface area contributed by atoms with Gasteiger partial charge in [-0.25, -0.2) is 0 Å². The predicted octanol–water partition coefficient (Wildman–Crippen LogP) is 3.24. The molecule has 2 heterocycles. The highest BCUT2D eigenvalue weighted by Crippen LogP contribution is 2.56. The van der Waals surface area contributed by atoms with Crippen LogP contribution in [-0.2, 0) is 9.59 Å². The van der Waals surface area contributed by atoms with E-state index in [4.69, 9.17) is 0 Å². The van der Waals surface area contributed by atoms with E-state index in [1.54, 1.807) is 24.3 Å². The standard InChI is InChI=1S/C22H26N2O3/c25-20(23-11-3-1-2-4-12-23)14-7-9-17(10-8-14)24-21(26)18-15-5-6-16(13-15)19(18)22(24)27/h7-10,15-16,18-19H,1-6,11-13H2/t15-,16+,18-,19-/m0/s1. The normalized spacial score (nSPS) is 32.7. The van der Waals surface area contributed by atoms with Gasteiger partial charge in [-0.15, -0.1) is 0 Å². The molecule has 2 aliphatic carbocycles. The van der Waals surface area contributed by atoms with Gasteiger partial charge < -0.3 is 4.90 Å². The Morgan fingerprint density at radius 2 is 1.37 bits per heavy atom. The van der Waals surface area contributed by atoms with Gasteiger partial charge in [0.2, 0.25) is 11.8 Å². The molecule has 4 aliphatic rings. The van der Waals surface area contributed by atoms with Crippen LogP contribution in [0, 0.1) is 23.7 Å². The lowest BCUT2D eigenvalue weighted by Gasteiger charge is -2.21. The van der Waals surface area contributed by atoms with Crippen molar-refractivity contribution in [2.24, 2.45) is 23.7 Å². The van der Waals surface area contributed by atoms with Crippen LogP contribution in [0.3, 0.4) is 0 Å². The largest absolute Gasteiger partial charge is 0.339 e. The molecule has 27 heavy (non-hydrogen) atoms. The Hall–Kier alpha value is -2.17. The van der Waals surface area contributed by atoms with Gasteiger partial charge in [-0.2, -0.15) is 0 Å². The molecule has 4 fully saturated rings. The summed E-state index contributed by atoms with van der Waals surface area (Å²) in [5, 5.41) is 0. The van der Waals surface area contributed by atoms with Crippen molar-refractivity contribution in [1.29, 1.82) is 0 Å². The molecule has 2 saturated heterocycles. The minimum Gasteiger partial charge on any atom is -0.339 e. The molecule has 2 bridgehead atoms. The highest BCUT2D eigenvalue weighted by atomic mass is 16.2.